The minimum atomic E-state index is -0.797. The van der Waals surface area contributed by atoms with Crippen molar-refractivity contribution in [2.75, 3.05) is 12.0 Å². The third kappa shape index (κ3) is 3.87. The van der Waals surface area contributed by atoms with E-state index in [1.807, 2.05) is 0 Å². The molecular weight excluding hydrogens is 124 g/mol. The molecule has 3 heteroatoms. The number of rotatable bonds is 4. The summed E-state index contributed by atoms with van der Waals surface area (Å²) in [5.74, 6) is 0.174. The molecule has 0 saturated heterocycles. The molecule has 0 amide bonds. The zero-order valence-electron chi connectivity index (χ0n) is 5.64. The zero-order chi connectivity index (χ0) is 7.28. The van der Waals surface area contributed by atoms with Crippen LogP contribution in [0.25, 0.3) is 0 Å². The second-order valence-electron chi connectivity index (χ2n) is 1.29. The summed E-state index contributed by atoms with van der Waals surface area (Å²) in [7, 11) is 0. The van der Waals surface area contributed by atoms with Gasteiger partial charge in [0.15, 0.2) is 0 Å². The molecule has 0 aromatic carbocycles. The third-order valence-electron chi connectivity index (χ3n) is 0.575. The van der Waals surface area contributed by atoms with Crippen molar-refractivity contribution in [3.63, 3.8) is 0 Å². The Hall–Kier alpha value is -0.310. The molecule has 0 aliphatic heterocycles. The first-order chi connectivity index (χ1) is 4.16. The summed E-state index contributed by atoms with van der Waals surface area (Å²) in [5.41, 5.74) is 0. The van der Waals surface area contributed by atoms with Crippen LogP contribution in [0.5, 0.6) is 0 Å². The summed E-state index contributed by atoms with van der Waals surface area (Å²) < 4.78 is 6.42. The molecule has 0 aliphatic carbocycles. The highest BCUT2D eigenvalue weighted by Gasteiger charge is 1.95. The molecule has 0 bridgehead atoms. The lowest BCUT2D eigenvalue weighted by atomic mass is 10.3. The predicted molar refractivity (Wildman–Crippen MR) is 34.1 cm³/mol. The first kappa shape index (κ1) is 5.82. The van der Waals surface area contributed by atoms with Gasteiger partial charge in [0.2, 0.25) is 0 Å². The van der Waals surface area contributed by atoms with E-state index in [2.05, 4.69) is 0 Å². The van der Waals surface area contributed by atoms with Crippen molar-refractivity contribution in [2.24, 2.45) is 0 Å². The van der Waals surface area contributed by atoms with E-state index in [0.717, 1.165) is 0 Å². The van der Waals surface area contributed by atoms with E-state index in [4.69, 9.17) is 1.37 Å². The van der Waals surface area contributed by atoms with E-state index in [9.17, 15) is 9.59 Å². The topological polar surface area (TPSA) is 34.1 Å². The van der Waals surface area contributed by atoms with Crippen molar-refractivity contribution in [1.82, 2.24) is 0 Å². The molecule has 2 nitrogen and oxygen atoms in total. The Kier molecular flexibility index (Phi) is 3.52. The molecule has 0 unspecified atom stereocenters. The Labute approximate surface area is 54.1 Å². The van der Waals surface area contributed by atoms with Crippen LogP contribution in [0.2, 0.25) is 0 Å². The van der Waals surface area contributed by atoms with Crippen LogP contribution in [0.15, 0.2) is 0 Å². The van der Waals surface area contributed by atoms with Crippen LogP contribution in [0.1, 0.15) is 7.79 Å². The van der Waals surface area contributed by atoms with Crippen molar-refractivity contribution in [3.05, 3.63) is 0 Å². The first-order valence-electron chi connectivity index (χ1n) is 2.67. The van der Waals surface area contributed by atoms with Crippen LogP contribution >= 0.6 is 11.8 Å². The van der Waals surface area contributed by atoms with Crippen molar-refractivity contribution < 1.29 is 11.0 Å². The summed E-state index contributed by atoms with van der Waals surface area (Å²) in [6.07, 6.45) is 0.752. The Morgan fingerprint density at radius 2 is 2.62 bits per heavy atom. The lowest BCUT2D eigenvalue weighted by molar-refractivity contribution is -0.120. The summed E-state index contributed by atoms with van der Waals surface area (Å²) in [5, 5.41) is 0. The van der Waals surface area contributed by atoms with E-state index < -0.39 is 6.26 Å². The average molecular weight is 133 g/mol. The van der Waals surface area contributed by atoms with Gasteiger partial charge in [-0.3, -0.25) is 4.79 Å². The van der Waals surface area contributed by atoms with Gasteiger partial charge in [-0.05, 0) is 6.26 Å². The number of carbonyl (C=O) groups is 2. The second kappa shape index (κ2) is 4.84. The number of thioether (sulfide) groups is 1. The highest BCUT2D eigenvalue weighted by molar-refractivity contribution is 7.99. The normalized spacial score (nSPS) is 10.4. The van der Waals surface area contributed by atoms with Gasteiger partial charge in [-0.15, -0.1) is 0 Å². The van der Waals surface area contributed by atoms with Crippen LogP contribution in [-0.4, -0.2) is 24.1 Å². The van der Waals surface area contributed by atoms with Gasteiger partial charge in [0.05, 0.1) is 12.2 Å². The molecule has 0 radical (unpaired) electrons. The van der Waals surface area contributed by atoms with Gasteiger partial charge in [0.25, 0.3) is 0 Å². The predicted octanol–water partition coefficient (Wildman–Crippen LogP) is 0.507. The average Bonchev–Trinajstić information content (AvgIpc) is 1.63. The van der Waals surface area contributed by atoms with Crippen LogP contribution in [0, 0.1) is 0 Å². The maximum atomic E-state index is 10.5. The van der Waals surface area contributed by atoms with Crippen LogP contribution in [0.4, 0.5) is 0 Å². The Bertz CT molecular complexity index is 124. The van der Waals surface area contributed by atoms with Crippen molar-refractivity contribution in [1.29, 1.82) is 0 Å². The Morgan fingerprint density at radius 1 is 2.00 bits per heavy atom. The molecule has 0 aliphatic rings. The quantitative estimate of drug-likeness (QED) is 0.414. The smallest absolute Gasteiger partial charge is 0.149 e. The molecule has 0 rings (SSSR count). The molecule has 0 spiro atoms. The van der Waals surface area contributed by atoms with Gasteiger partial charge < -0.3 is 4.79 Å². The molecule has 0 aromatic rings. The van der Waals surface area contributed by atoms with Crippen molar-refractivity contribution in [3.8, 4) is 0 Å². The number of aldehydes is 1. The van der Waals surface area contributed by atoms with Gasteiger partial charge in [0, 0.05) is 0 Å². The van der Waals surface area contributed by atoms with Crippen molar-refractivity contribution in [2.45, 2.75) is 6.42 Å². The van der Waals surface area contributed by atoms with Gasteiger partial charge in [0.1, 0.15) is 13.4 Å². The highest BCUT2D eigenvalue weighted by Crippen LogP contribution is 1.92. The second-order valence-corrected chi connectivity index (χ2v) is 2.16. The minimum absolute atomic E-state index is 0.164. The van der Waals surface area contributed by atoms with Gasteiger partial charge in [-0.1, -0.05) is 0 Å². The number of Topliss-reactive ketones (excluding diaryl/α,β-unsaturated/α-hetero) is 1. The Morgan fingerprint density at radius 3 is 3.00 bits per heavy atom. The van der Waals surface area contributed by atoms with E-state index in [1.165, 1.54) is 11.8 Å². The summed E-state index contributed by atoms with van der Waals surface area (Å²) in [6.45, 7) is 0. The maximum Gasteiger partial charge on any atom is 0.149 e. The van der Waals surface area contributed by atoms with E-state index >= 15 is 0 Å². The maximum absolute atomic E-state index is 10.5. The largest absolute Gasteiger partial charge is 0.303 e. The summed E-state index contributed by atoms with van der Waals surface area (Å²) in [6, 6.07) is 0. The zero-order valence-corrected chi connectivity index (χ0v) is 5.46. The molecule has 0 heterocycles. The number of carbonyl (C=O) groups excluding carboxylic acids is 2. The van der Waals surface area contributed by atoms with Gasteiger partial charge >= 0.3 is 0 Å². The number of hydrogen-bond acceptors (Lipinski definition) is 3. The summed E-state index contributed by atoms with van der Waals surface area (Å²) in [4.78, 5) is 20.5. The monoisotopic (exact) mass is 133 g/mol. The van der Waals surface area contributed by atoms with Crippen LogP contribution in [-0.2, 0) is 9.59 Å². The molecule has 0 fully saturated rings. The minimum Gasteiger partial charge on any atom is -0.303 e. The van der Waals surface area contributed by atoms with E-state index in [-0.39, 0.29) is 12.2 Å². The fraction of sp³-hybridized carbons (Fsp3) is 0.600. The molecule has 0 aromatic heterocycles. The van der Waals surface area contributed by atoms with Crippen LogP contribution < -0.4 is 0 Å². The molecule has 0 N–H and O–H groups in total. The highest BCUT2D eigenvalue weighted by atomic mass is 32.2. The fourth-order valence-electron chi connectivity index (χ4n) is 0.293. The van der Waals surface area contributed by atoms with Gasteiger partial charge in [-0.2, -0.15) is 11.8 Å². The number of hydrogen-bond donors (Lipinski definition) is 0. The van der Waals surface area contributed by atoms with E-state index in [0.29, 0.717) is 5.75 Å². The standard InChI is InChI=1S/C5H8O2S/c1-8-4-5(7)2-3-6/h3H,2,4H2,1H3/i3D. The molecule has 0 saturated carbocycles. The first-order valence-corrected chi connectivity index (χ1v) is 3.56. The SMILES string of the molecule is [2H]C(=O)CC(=O)CSC. The number of ketones is 1. The summed E-state index contributed by atoms with van der Waals surface area (Å²) >= 11 is 1.37. The Balaban J connectivity index is 3.39. The van der Waals surface area contributed by atoms with Crippen molar-refractivity contribution >= 4 is 23.8 Å². The van der Waals surface area contributed by atoms with Crippen LogP contribution in [0.3, 0.4) is 0 Å². The molecule has 0 atom stereocenters. The third-order valence-corrected chi connectivity index (χ3v) is 1.19. The van der Waals surface area contributed by atoms with Gasteiger partial charge in [-0.25, -0.2) is 0 Å². The fourth-order valence-corrected chi connectivity index (χ4v) is 0.717. The lowest BCUT2D eigenvalue weighted by Crippen LogP contribution is -2.00. The lowest BCUT2D eigenvalue weighted by Gasteiger charge is -1.86. The molecular formula is C5H8O2S. The molecule has 8 heavy (non-hydrogen) atoms. The van der Waals surface area contributed by atoms with E-state index in [1.54, 1.807) is 6.26 Å². The molecule has 46 valence electrons.